The third kappa shape index (κ3) is 5.06. The van der Waals surface area contributed by atoms with E-state index in [9.17, 15) is 0 Å². The Kier molecular flexibility index (Phi) is 6.55. The molecule has 1 aromatic heterocycles. The Morgan fingerprint density at radius 1 is 0.455 bits per heavy atom. The zero-order valence-electron chi connectivity index (χ0n) is 23.9. The van der Waals surface area contributed by atoms with Gasteiger partial charge in [-0.3, -0.25) is 5.32 Å². The van der Waals surface area contributed by atoms with Gasteiger partial charge in [0.2, 0.25) is 12.0 Å². The lowest BCUT2D eigenvalue weighted by Crippen LogP contribution is -2.90. The third-order valence-electron chi connectivity index (χ3n) is 8.01. The SMILES string of the molecule is c1ccc(C2=NC(c3cc(-c4ccc5ccccc5c4)nc(-c4ccc5ccccc5c4)n3)[NH2+]C(c3ccccc3)=N2)cc1. The summed E-state index contributed by atoms with van der Waals surface area (Å²) < 4.78 is 0. The van der Waals surface area contributed by atoms with Crippen LogP contribution in [0.3, 0.4) is 0 Å². The van der Waals surface area contributed by atoms with Crippen LogP contribution in [0.2, 0.25) is 0 Å². The number of fused-ring (bicyclic) bond motifs is 2. The van der Waals surface area contributed by atoms with E-state index in [0.717, 1.165) is 44.9 Å². The van der Waals surface area contributed by atoms with Crippen molar-refractivity contribution < 1.29 is 5.32 Å². The van der Waals surface area contributed by atoms with Gasteiger partial charge in [-0.2, -0.15) is 4.99 Å². The van der Waals surface area contributed by atoms with E-state index in [1.165, 1.54) is 16.2 Å². The van der Waals surface area contributed by atoms with Crippen molar-refractivity contribution >= 4 is 33.2 Å². The summed E-state index contributed by atoms with van der Waals surface area (Å²) in [6.07, 6.45) is -0.348. The Morgan fingerprint density at radius 3 is 1.70 bits per heavy atom. The van der Waals surface area contributed by atoms with Crippen LogP contribution in [0.25, 0.3) is 44.2 Å². The maximum Gasteiger partial charge on any atom is 0.235 e. The van der Waals surface area contributed by atoms with E-state index < -0.39 is 0 Å². The highest BCUT2D eigenvalue weighted by Crippen LogP contribution is 2.29. The van der Waals surface area contributed by atoms with Crippen LogP contribution in [0.1, 0.15) is 23.0 Å². The summed E-state index contributed by atoms with van der Waals surface area (Å²) >= 11 is 0. The first kappa shape index (κ1) is 25.9. The smallest absolute Gasteiger partial charge is 0.235 e. The van der Waals surface area contributed by atoms with Gasteiger partial charge in [-0.25, -0.2) is 15.0 Å². The molecule has 1 atom stereocenters. The summed E-state index contributed by atoms with van der Waals surface area (Å²) in [4.78, 5) is 20.5. The van der Waals surface area contributed by atoms with Crippen LogP contribution in [-0.2, 0) is 0 Å². The number of benzene rings is 6. The van der Waals surface area contributed by atoms with Gasteiger partial charge < -0.3 is 0 Å². The molecule has 0 saturated heterocycles. The normalized spacial score (nSPS) is 14.8. The third-order valence-corrected chi connectivity index (χ3v) is 8.01. The Balaban J connectivity index is 1.30. The van der Waals surface area contributed by atoms with Crippen LogP contribution in [0.15, 0.2) is 162 Å². The lowest BCUT2D eigenvalue weighted by atomic mass is 10.0. The van der Waals surface area contributed by atoms with Crippen molar-refractivity contribution in [2.24, 2.45) is 9.98 Å². The molecule has 0 bridgehead atoms. The van der Waals surface area contributed by atoms with E-state index in [-0.39, 0.29) is 6.17 Å². The molecule has 0 amide bonds. The Hall–Kier alpha value is -5.78. The highest BCUT2D eigenvalue weighted by molar-refractivity contribution is 6.09. The van der Waals surface area contributed by atoms with Crippen molar-refractivity contribution in [2.75, 3.05) is 0 Å². The van der Waals surface area contributed by atoms with Gasteiger partial charge in [0.15, 0.2) is 11.7 Å². The topological polar surface area (TPSA) is 67.1 Å². The number of amidine groups is 2. The molecular weight excluding hydrogens is 538 g/mol. The van der Waals surface area contributed by atoms with E-state index in [0.29, 0.717) is 11.7 Å². The number of hydrogen-bond acceptors (Lipinski definition) is 4. The van der Waals surface area contributed by atoms with Crippen molar-refractivity contribution in [1.29, 1.82) is 0 Å². The molecule has 5 heteroatoms. The summed E-state index contributed by atoms with van der Waals surface area (Å²) in [7, 11) is 0. The molecule has 1 aliphatic heterocycles. The fraction of sp³-hybridized carbons (Fsp3) is 0.0256. The predicted molar refractivity (Wildman–Crippen MR) is 179 cm³/mol. The maximum absolute atomic E-state index is 5.17. The number of hydrogen-bond donors (Lipinski definition) is 1. The minimum atomic E-state index is -0.348. The highest BCUT2D eigenvalue weighted by Gasteiger charge is 2.28. The zero-order chi connectivity index (χ0) is 29.3. The van der Waals surface area contributed by atoms with Gasteiger partial charge in [0.05, 0.1) is 11.3 Å². The first-order chi connectivity index (χ1) is 21.8. The van der Waals surface area contributed by atoms with E-state index >= 15 is 0 Å². The van der Waals surface area contributed by atoms with Crippen molar-refractivity contribution in [1.82, 2.24) is 9.97 Å². The molecule has 2 N–H and O–H groups in total. The Bertz CT molecular complexity index is 2110. The lowest BCUT2D eigenvalue weighted by Gasteiger charge is -2.19. The summed E-state index contributed by atoms with van der Waals surface area (Å²) in [5, 5.41) is 6.81. The van der Waals surface area contributed by atoms with E-state index in [1.807, 2.05) is 48.5 Å². The van der Waals surface area contributed by atoms with Crippen molar-refractivity contribution in [2.45, 2.75) is 6.17 Å². The second-order valence-electron chi connectivity index (χ2n) is 10.9. The van der Waals surface area contributed by atoms with Crippen LogP contribution < -0.4 is 5.32 Å². The van der Waals surface area contributed by atoms with Gasteiger partial charge in [-0.15, -0.1) is 0 Å². The van der Waals surface area contributed by atoms with E-state index in [2.05, 4.69) is 108 Å². The molecule has 0 saturated carbocycles. The molecule has 2 heterocycles. The first-order valence-corrected chi connectivity index (χ1v) is 14.8. The highest BCUT2D eigenvalue weighted by atomic mass is 15.2. The monoisotopic (exact) mass is 566 g/mol. The molecule has 1 aliphatic rings. The quantitative estimate of drug-likeness (QED) is 0.233. The zero-order valence-corrected chi connectivity index (χ0v) is 23.9. The molecule has 1 unspecified atom stereocenters. The molecule has 7 aromatic rings. The largest absolute Gasteiger partial charge is 0.270 e. The van der Waals surface area contributed by atoms with Gasteiger partial charge in [0.1, 0.15) is 5.69 Å². The van der Waals surface area contributed by atoms with Crippen LogP contribution in [0, 0.1) is 0 Å². The summed E-state index contributed by atoms with van der Waals surface area (Å²) in [6.45, 7) is 0. The van der Waals surface area contributed by atoms with Crippen LogP contribution >= 0.6 is 0 Å². The van der Waals surface area contributed by atoms with Crippen LogP contribution in [-0.4, -0.2) is 21.6 Å². The minimum absolute atomic E-state index is 0.348. The molecule has 8 rings (SSSR count). The number of nitrogens with two attached hydrogens (primary N) is 1. The number of quaternary nitrogens is 1. The molecule has 6 aromatic carbocycles. The van der Waals surface area contributed by atoms with Crippen molar-refractivity contribution in [3.63, 3.8) is 0 Å². The fourth-order valence-electron chi connectivity index (χ4n) is 5.72. The Labute approximate surface area is 255 Å². The summed E-state index contributed by atoms with van der Waals surface area (Å²) in [5.41, 5.74) is 5.69. The van der Waals surface area contributed by atoms with Crippen LogP contribution in [0.5, 0.6) is 0 Å². The van der Waals surface area contributed by atoms with E-state index in [1.54, 1.807) is 0 Å². The van der Waals surface area contributed by atoms with Gasteiger partial charge in [-0.1, -0.05) is 121 Å². The van der Waals surface area contributed by atoms with Gasteiger partial charge in [0.25, 0.3) is 0 Å². The molecule has 0 aliphatic carbocycles. The standard InChI is InChI=1S/C39H27N5/c1-3-13-28(14-4-1)36-42-37(29-15-5-2-6-16-29)44-39(43-36)35-25-34(32-21-19-26-11-7-9-17-30(26)23-32)40-38(41-35)33-22-20-27-12-8-10-18-31(27)24-33/h1-25,39H,(H,42,43,44)/p+1. The maximum atomic E-state index is 5.17. The molecular formula is C39H28N5+. The van der Waals surface area contributed by atoms with E-state index in [4.69, 9.17) is 20.0 Å². The average molecular weight is 567 g/mol. The summed E-state index contributed by atoms with van der Waals surface area (Å²) in [6, 6.07) is 52.2. The van der Waals surface area contributed by atoms with Crippen molar-refractivity contribution in [3.8, 4) is 22.6 Å². The predicted octanol–water partition coefficient (Wildman–Crippen LogP) is 7.59. The first-order valence-electron chi connectivity index (χ1n) is 14.8. The van der Waals surface area contributed by atoms with Crippen molar-refractivity contribution in [3.05, 3.63) is 168 Å². The Morgan fingerprint density at radius 2 is 1.02 bits per heavy atom. The second-order valence-corrected chi connectivity index (χ2v) is 10.9. The average Bonchev–Trinajstić information content (AvgIpc) is 3.11. The number of aliphatic imine (C=N–C) groups is 2. The molecule has 5 nitrogen and oxygen atoms in total. The second kappa shape index (κ2) is 11.1. The minimum Gasteiger partial charge on any atom is -0.270 e. The molecule has 0 spiro atoms. The van der Waals surface area contributed by atoms with Gasteiger partial charge >= 0.3 is 0 Å². The fourth-order valence-corrected chi connectivity index (χ4v) is 5.72. The molecule has 0 radical (unpaired) electrons. The van der Waals surface area contributed by atoms with Gasteiger partial charge in [0, 0.05) is 16.7 Å². The summed E-state index contributed by atoms with van der Waals surface area (Å²) in [5.74, 6) is 2.24. The number of aromatic nitrogens is 2. The number of nitrogens with zero attached hydrogens (tertiary/aromatic N) is 4. The van der Waals surface area contributed by atoms with Gasteiger partial charge in [-0.05, 0) is 51.9 Å². The lowest BCUT2D eigenvalue weighted by molar-refractivity contribution is -0.587. The molecule has 0 fully saturated rings. The number of rotatable bonds is 5. The van der Waals surface area contributed by atoms with Crippen LogP contribution in [0.4, 0.5) is 0 Å². The molecule has 208 valence electrons. The molecule has 44 heavy (non-hydrogen) atoms.